The zero-order valence-electron chi connectivity index (χ0n) is 15.0. The average Bonchev–Trinajstić information content (AvgIpc) is 2.67. The van der Waals surface area contributed by atoms with Crippen molar-refractivity contribution in [3.63, 3.8) is 0 Å². The first-order valence-corrected chi connectivity index (χ1v) is 8.75. The maximum atomic E-state index is 4.60. The van der Waals surface area contributed by atoms with Crippen LogP contribution in [-0.4, -0.2) is 24.0 Å². The largest absolute Gasteiger partial charge is 0.357 e. The summed E-state index contributed by atoms with van der Waals surface area (Å²) in [6.07, 6.45) is 2.75. The molecule has 26 heavy (non-hydrogen) atoms. The molecule has 0 aliphatic carbocycles. The minimum absolute atomic E-state index is 0. The van der Waals surface area contributed by atoms with Gasteiger partial charge < -0.3 is 10.6 Å². The summed E-state index contributed by atoms with van der Waals surface area (Å²) < 4.78 is 0. The Morgan fingerprint density at radius 2 is 1.77 bits per heavy atom. The number of benzene rings is 2. The Balaban J connectivity index is 0.00000243. The Bertz CT molecular complexity index is 834. The molecular weight excluding hydrogens is 435 g/mol. The molecule has 1 aromatic heterocycles. The number of aromatic nitrogens is 1. The van der Waals surface area contributed by atoms with Gasteiger partial charge in [0.1, 0.15) is 0 Å². The van der Waals surface area contributed by atoms with E-state index in [1.165, 1.54) is 16.3 Å². The molecule has 3 rings (SSSR count). The van der Waals surface area contributed by atoms with E-state index in [9.17, 15) is 0 Å². The molecule has 3 aromatic rings. The molecule has 5 heteroatoms. The van der Waals surface area contributed by atoms with Crippen molar-refractivity contribution in [3.8, 4) is 0 Å². The number of hydrogen-bond acceptors (Lipinski definition) is 2. The molecule has 1 heterocycles. The molecule has 136 valence electrons. The third-order valence-corrected chi connectivity index (χ3v) is 3.99. The molecule has 0 bridgehead atoms. The lowest BCUT2D eigenvalue weighted by molar-refractivity contribution is 0.797. The first-order valence-electron chi connectivity index (χ1n) is 8.75. The molecule has 0 saturated heterocycles. The summed E-state index contributed by atoms with van der Waals surface area (Å²) >= 11 is 0. The van der Waals surface area contributed by atoms with Gasteiger partial charge >= 0.3 is 0 Å². The molecule has 2 N–H and O–H groups in total. The fraction of sp³-hybridized carbons (Fsp3) is 0.238. The fourth-order valence-corrected chi connectivity index (χ4v) is 2.71. The molecule has 0 aliphatic heterocycles. The number of fused-ring (bicyclic) bond motifs is 1. The van der Waals surface area contributed by atoms with Gasteiger partial charge in [-0.3, -0.25) is 4.98 Å². The van der Waals surface area contributed by atoms with Gasteiger partial charge in [-0.25, -0.2) is 4.99 Å². The molecule has 4 nitrogen and oxygen atoms in total. The second kappa shape index (κ2) is 10.8. The van der Waals surface area contributed by atoms with Crippen LogP contribution in [0.4, 0.5) is 0 Å². The molecule has 0 spiro atoms. The number of pyridine rings is 1. The quantitative estimate of drug-likeness (QED) is 0.330. The number of rotatable bonds is 6. The predicted molar refractivity (Wildman–Crippen MR) is 120 cm³/mol. The highest BCUT2D eigenvalue weighted by Crippen LogP contribution is 2.15. The molecule has 0 saturated carbocycles. The number of aliphatic imine (C=N–C) groups is 1. The molecule has 0 radical (unpaired) electrons. The van der Waals surface area contributed by atoms with Gasteiger partial charge in [-0.05, 0) is 41.8 Å². The Morgan fingerprint density at radius 1 is 0.962 bits per heavy atom. The second-order valence-corrected chi connectivity index (χ2v) is 5.87. The lowest BCUT2D eigenvalue weighted by atomic mass is 10.1. The van der Waals surface area contributed by atoms with Crippen molar-refractivity contribution in [1.29, 1.82) is 0 Å². The predicted octanol–water partition coefficient (Wildman–Crippen LogP) is 4.15. The molecule has 0 atom stereocenters. The summed E-state index contributed by atoms with van der Waals surface area (Å²) in [6.45, 7) is 4.32. The summed E-state index contributed by atoms with van der Waals surface area (Å²) in [7, 11) is 0. The van der Waals surface area contributed by atoms with Gasteiger partial charge in [-0.15, -0.1) is 24.0 Å². The van der Waals surface area contributed by atoms with Crippen molar-refractivity contribution in [2.45, 2.75) is 19.9 Å². The topological polar surface area (TPSA) is 49.3 Å². The van der Waals surface area contributed by atoms with Crippen LogP contribution in [0.3, 0.4) is 0 Å². The Labute approximate surface area is 172 Å². The van der Waals surface area contributed by atoms with Gasteiger partial charge in [0.05, 0.1) is 12.2 Å². The van der Waals surface area contributed by atoms with Crippen molar-refractivity contribution in [1.82, 2.24) is 15.6 Å². The van der Waals surface area contributed by atoms with E-state index in [-0.39, 0.29) is 24.0 Å². The highest BCUT2D eigenvalue weighted by molar-refractivity contribution is 14.0. The molecule has 0 fully saturated rings. The SMILES string of the molecule is CCNC(=NCc1ccccn1)NCCc1ccc2ccccc2c1.I. The first-order chi connectivity index (χ1) is 12.3. The van der Waals surface area contributed by atoms with Crippen molar-refractivity contribution < 1.29 is 0 Å². The zero-order chi connectivity index (χ0) is 17.3. The molecule has 0 amide bonds. The van der Waals surface area contributed by atoms with Crippen molar-refractivity contribution >= 4 is 40.7 Å². The van der Waals surface area contributed by atoms with E-state index in [2.05, 4.69) is 70.0 Å². The fourth-order valence-electron chi connectivity index (χ4n) is 2.71. The van der Waals surface area contributed by atoms with Crippen LogP contribution in [-0.2, 0) is 13.0 Å². The lowest BCUT2D eigenvalue weighted by Crippen LogP contribution is -2.38. The minimum Gasteiger partial charge on any atom is -0.357 e. The average molecular weight is 460 g/mol. The lowest BCUT2D eigenvalue weighted by Gasteiger charge is -2.11. The van der Waals surface area contributed by atoms with Crippen LogP contribution in [0, 0.1) is 0 Å². The smallest absolute Gasteiger partial charge is 0.191 e. The van der Waals surface area contributed by atoms with Crippen molar-refractivity contribution in [3.05, 3.63) is 78.1 Å². The maximum absolute atomic E-state index is 4.60. The van der Waals surface area contributed by atoms with Gasteiger partial charge in [0.2, 0.25) is 0 Å². The summed E-state index contributed by atoms with van der Waals surface area (Å²) in [5.74, 6) is 0.828. The third-order valence-electron chi connectivity index (χ3n) is 3.99. The Kier molecular flexibility index (Phi) is 8.34. The van der Waals surface area contributed by atoms with Gasteiger partial charge in [0, 0.05) is 19.3 Å². The van der Waals surface area contributed by atoms with Crippen LogP contribution in [0.1, 0.15) is 18.2 Å². The molecule has 2 aromatic carbocycles. The highest BCUT2D eigenvalue weighted by atomic mass is 127. The standard InChI is InChI=1S/C21H24N4.HI/c1-2-22-21(25-16-20-9-5-6-13-23-20)24-14-12-17-10-11-18-7-3-4-8-19(18)15-17;/h3-11,13,15H,2,12,14,16H2,1H3,(H2,22,24,25);1H. The summed E-state index contributed by atoms with van der Waals surface area (Å²) in [6, 6.07) is 21.0. The van der Waals surface area contributed by atoms with Gasteiger partial charge in [0.25, 0.3) is 0 Å². The second-order valence-electron chi connectivity index (χ2n) is 5.87. The number of nitrogens with one attached hydrogen (secondary N) is 2. The van der Waals surface area contributed by atoms with E-state index < -0.39 is 0 Å². The summed E-state index contributed by atoms with van der Waals surface area (Å²) in [5.41, 5.74) is 2.29. The number of guanidine groups is 1. The Hall–Kier alpha value is -2.15. The monoisotopic (exact) mass is 460 g/mol. The summed E-state index contributed by atoms with van der Waals surface area (Å²) in [5, 5.41) is 9.25. The van der Waals surface area contributed by atoms with Crippen LogP contribution in [0.25, 0.3) is 10.8 Å². The van der Waals surface area contributed by atoms with Gasteiger partial charge in [0.15, 0.2) is 5.96 Å². The van der Waals surface area contributed by atoms with Gasteiger partial charge in [-0.1, -0.05) is 48.5 Å². The van der Waals surface area contributed by atoms with E-state index in [1.807, 2.05) is 18.2 Å². The zero-order valence-corrected chi connectivity index (χ0v) is 17.3. The molecule has 0 unspecified atom stereocenters. The summed E-state index contributed by atoms with van der Waals surface area (Å²) in [4.78, 5) is 8.90. The maximum Gasteiger partial charge on any atom is 0.191 e. The van der Waals surface area contributed by atoms with Crippen LogP contribution in [0.5, 0.6) is 0 Å². The van der Waals surface area contributed by atoms with E-state index in [0.29, 0.717) is 6.54 Å². The molecular formula is C21H25IN4. The van der Waals surface area contributed by atoms with Gasteiger partial charge in [-0.2, -0.15) is 0 Å². The normalized spacial score (nSPS) is 11.0. The van der Waals surface area contributed by atoms with E-state index in [0.717, 1.165) is 31.2 Å². The van der Waals surface area contributed by atoms with Crippen LogP contribution in [0.15, 0.2) is 71.9 Å². The number of hydrogen-bond donors (Lipinski definition) is 2. The van der Waals surface area contributed by atoms with E-state index in [1.54, 1.807) is 6.20 Å². The number of nitrogens with zero attached hydrogens (tertiary/aromatic N) is 2. The molecule has 0 aliphatic rings. The third kappa shape index (κ3) is 5.98. The van der Waals surface area contributed by atoms with Crippen LogP contribution in [0.2, 0.25) is 0 Å². The minimum atomic E-state index is 0. The van der Waals surface area contributed by atoms with Crippen LogP contribution < -0.4 is 10.6 Å². The first kappa shape index (κ1) is 20.2. The van der Waals surface area contributed by atoms with E-state index in [4.69, 9.17) is 0 Å². The van der Waals surface area contributed by atoms with Crippen molar-refractivity contribution in [2.75, 3.05) is 13.1 Å². The van der Waals surface area contributed by atoms with Crippen molar-refractivity contribution in [2.24, 2.45) is 4.99 Å². The number of halogens is 1. The highest BCUT2D eigenvalue weighted by Gasteiger charge is 2.00. The van der Waals surface area contributed by atoms with Crippen LogP contribution >= 0.6 is 24.0 Å². The Morgan fingerprint density at radius 3 is 2.54 bits per heavy atom. The van der Waals surface area contributed by atoms with E-state index >= 15 is 0 Å².